The van der Waals surface area contributed by atoms with Gasteiger partial charge in [-0.3, -0.25) is 0 Å². The molecular formula is C9H12N2S. The molecule has 12 heavy (non-hydrogen) atoms. The second kappa shape index (κ2) is 3.37. The van der Waals surface area contributed by atoms with Gasteiger partial charge in [0.05, 0.1) is 4.88 Å². The second-order valence-electron chi connectivity index (χ2n) is 3.12. The van der Waals surface area contributed by atoms with Gasteiger partial charge in [-0.2, -0.15) is 0 Å². The molecule has 1 aromatic rings. The van der Waals surface area contributed by atoms with Crippen molar-refractivity contribution in [1.82, 2.24) is 4.37 Å². The number of nitrogens with zero attached hydrogens (tertiary/aromatic N) is 1. The fourth-order valence-corrected chi connectivity index (χ4v) is 2.18. The average Bonchev–Trinajstić information content (AvgIpc) is 2.56. The van der Waals surface area contributed by atoms with Crippen LogP contribution in [-0.2, 0) is 0 Å². The van der Waals surface area contributed by atoms with Crippen molar-refractivity contribution < 1.29 is 0 Å². The van der Waals surface area contributed by atoms with Crippen LogP contribution in [0.1, 0.15) is 24.1 Å². The molecule has 1 aliphatic carbocycles. The van der Waals surface area contributed by atoms with Crippen LogP contribution in [0.3, 0.4) is 0 Å². The molecule has 0 bridgehead atoms. The molecule has 0 amide bonds. The molecule has 0 spiro atoms. The lowest BCUT2D eigenvalue weighted by atomic mass is 9.95. The molecule has 0 aliphatic heterocycles. The van der Waals surface area contributed by atoms with Gasteiger partial charge in [-0.15, -0.1) is 0 Å². The number of hydrogen-bond donors (Lipinski definition) is 1. The zero-order valence-corrected chi connectivity index (χ0v) is 7.68. The highest BCUT2D eigenvalue weighted by atomic mass is 32.1. The van der Waals surface area contributed by atoms with E-state index in [1.165, 1.54) is 16.9 Å². The van der Waals surface area contributed by atoms with Crippen LogP contribution in [0.15, 0.2) is 18.3 Å². The molecule has 0 aromatic carbocycles. The Balaban J connectivity index is 2.23. The Morgan fingerprint density at radius 3 is 3.17 bits per heavy atom. The van der Waals surface area contributed by atoms with E-state index in [1.54, 1.807) is 11.5 Å². The molecule has 0 radical (unpaired) electrons. The predicted octanol–water partition coefficient (Wildman–Crippen LogP) is 2.04. The molecule has 1 aromatic heterocycles. The van der Waals surface area contributed by atoms with E-state index in [1.807, 2.05) is 6.20 Å². The van der Waals surface area contributed by atoms with Gasteiger partial charge in [0, 0.05) is 12.2 Å². The summed E-state index contributed by atoms with van der Waals surface area (Å²) in [6.07, 6.45) is 7.53. The van der Waals surface area contributed by atoms with Gasteiger partial charge in [0.15, 0.2) is 0 Å². The summed E-state index contributed by atoms with van der Waals surface area (Å²) in [5, 5.41) is 0. The first-order chi connectivity index (χ1) is 5.86. The second-order valence-corrected chi connectivity index (χ2v) is 3.96. The summed E-state index contributed by atoms with van der Waals surface area (Å²) >= 11 is 1.56. The van der Waals surface area contributed by atoms with Crippen LogP contribution in [0.4, 0.5) is 0 Å². The lowest BCUT2D eigenvalue weighted by Gasteiger charge is -2.16. The van der Waals surface area contributed by atoms with E-state index in [0.717, 1.165) is 12.8 Å². The quantitative estimate of drug-likeness (QED) is 0.718. The lowest BCUT2D eigenvalue weighted by Crippen LogP contribution is -2.19. The van der Waals surface area contributed by atoms with Gasteiger partial charge < -0.3 is 5.73 Å². The average molecular weight is 180 g/mol. The van der Waals surface area contributed by atoms with E-state index in [-0.39, 0.29) is 6.04 Å². The van der Waals surface area contributed by atoms with Crippen molar-refractivity contribution in [1.29, 1.82) is 0 Å². The highest BCUT2D eigenvalue weighted by Gasteiger charge is 2.11. The summed E-state index contributed by atoms with van der Waals surface area (Å²) in [5.74, 6) is 0. The Morgan fingerprint density at radius 1 is 1.58 bits per heavy atom. The van der Waals surface area contributed by atoms with Crippen molar-refractivity contribution >= 4 is 17.1 Å². The molecule has 1 atom stereocenters. The first-order valence-corrected chi connectivity index (χ1v) is 5.01. The summed E-state index contributed by atoms with van der Waals surface area (Å²) in [7, 11) is 0. The van der Waals surface area contributed by atoms with Gasteiger partial charge in [0.2, 0.25) is 0 Å². The maximum atomic E-state index is 5.84. The van der Waals surface area contributed by atoms with Crippen LogP contribution in [0.5, 0.6) is 0 Å². The van der Waals surface area contributed by atoms with Crippen molar-refractivity contribution in [2.45, 2.75) is 25.3 Å². The van der Waals surface area contributed by atoms with Crippen molar-refractivity contribution in [3.05, 3.63) is 23.2 Å². The molecule has 1 unspecified atom stereocenters. The third kappa shape index (κ3) is 1.57. The minimum atomic E-state index is 0.260. The Kier molecular flexibility index (Phi) is 2.23. The molecule has 64 valence electrons. The van der Waals surface area contributed by atoms with Crippen LogP contribution < -0.4 is 5.73 Å². The van der Waals surface area contributed by atoms with Crippen molar-refractivity contribution in [2.75, 3.05) is 0 Å². The van der Waals surface area contributed by atoms with Crippen molar-refractivity contribution in [3.8, 4) is 0 Å². The van der Waals surface area contributed by atoms with Gasteiger partial charge in [0.1, 0.15) is 0 Å². The van der Waals surface area contributed by atoms with Crippen LogP contribution >= 0.6 is 11.5 Å². The van der Waals surface area contributed by atoms with Crippen LogP contribution in [-0.4, -0.2) is 10.4 Å². The van der Waals surface area contributed by atoms with Crippen LogP contribution in [0.25, 0.3) is 5.57 Å². The monoisotopic (exact) mass is 180 g/mol. The van der Waals surface area contributed by atoms with Crippen molar-refractivity contribution in [2.24, 2.45) is 5.73 Å². The zero-order chi connectivity index (χ0) is 8.39. The van der Waals surface area contributed by atoms with E-state index >= 15 is 0 Å². The summed E-state index contributed by atoms with van der Waals surface area (Å²) in [6.45, 7) is 0. The summed E-state index contributed by atoms with van der Waals surface area (Å²) in [5.41, 5.74) is 7.22. The minimum absolute atomic E-state index is 0.260. The summed E-state index contributed by atoms with van der Waals surface area (Å²) < 4.78 is 4.08. The molecule has 2 N–H and O–H groups in total. The summed E-state index contributed by atoms with van der Waals surface area (Å²) in [6, 6.07) is 2.32. The van der Waals surface area contributed by atoms with E-state index < -0.39 is 0 Å². The highest BCUT2D eigenvalue weighted by molar-refractivity contribution is 7.06. The smallest absolute Gasteiger partial charge is 0.0506 e. The number of hydrogen-bond acceptors (Lipinski definition) is 3. The van der Waals surface area contributed by atoms with Crippen LogP contribution in [0, 0.1) is 0 Å². The van der Waals surface area contributed by atoms with E-state index in [2.05, 4.69) is 16.5 Å². The van der Waals surface area contributed by atoms with Gasteiger partial charge in [0.25, 0.3) is 0 Å². The topological polar surface area (TPSA) is 38.9 Å². The maximum Gasteiger partial charge on any atom is 0.0506 e. The largest absolute Gasteiger partial charge is 0.324 e. The molecule has 2 nitrogen and oxygen atoms in total. The lowest BCUT2D eigenvalue weighted by molar-refractivity contribution is 0.655. The third-order valence-electron chi connectivity index (χ3n) is 2.15. The SMILES string of the molecule is NC1C=C(c2ccns2)CCC1. The zero-order valence-electron chi connectivity index (χ0n) is 6.86. The van der Waals surface area contributed by atoms with Gasteiger partial charge in [-0.1, -0.05) is 6.08 Å². The first kappa shape index (κ1) is 7.95. The Labute approximate surface area is 76.3 Å². The van der Waals surface area contributed by atoms with Crippen molar-refractivity contribution in [3.63, 3.8) is 0 Å². The normalized spacial score (nSPS) is 23.8. The fraction of sp³-hybridized carbons (Fsp3) is 0.444. The van der Waals surface area contributed by atoms with Gasteiger partial charge in [-0.05, 0) is 42.4 Å². The molecule has 1 aliphatic rings. The molecule has 0 fully saturated rings. The van der Waals surface area contributed by atoms with Gasteiger partial charge >= 0.3 is 0 Å². The third-order valence-corrected chi connectivity index (χ3v) is 2.98. The van der Waals surface area contributed by atoms with E-state index in [9.17, 15) is 0 Å². The first-order valence-electron chi connectivity index (χ1n) is 4.23. The molecule has 3 heteroatoms. The minimum Gasteiger partial charge on any atom is -0.324 e. The molecule has 2 rings (SSSR count). The van der Waals surface area contributed by atoms with Gasteiger partial charge in [-0.25, -0.2) is 4.37 Å². The number of aromatic nitrogens is 1. The predicted molar refractivity (Wildman–Crippen MR) is 51.9 cm³/mol. The highest BCUT2D eigenvalue weighted by Crippen LogP contribution is 2.27. The van der Waals surface area contributed by atoms with Crippen LogP contribution in [0.2, 0.25) is 0 Å². The number of allylic oxidation sites excluding steroid dienone is 1. The molecule has 1 heterocycles. The van der Waals surface area contributed by atoms with E-state index in [0.29, 0.717) is 0 Å². The Bertz CT molecular complexity index is 277. The molecule has 0 saturated heterocycles. The Hall–Kier alpha value is -0.670. The van der Waals surface area contributed by atoms with E-state index in [4.69, 9.17) is 5.73 Å². The number of rotatable bonds is 1. The standard InChI is InChI=1S/C9H12N2S/c10-8-3-1-2-7(6-8)9-4-5-11-12-9/h4-6,8H,1-3,10H2. The molecular weight excluding hydrogens is 168 g/mol. The fourth-order valence-electron chi connectivity index (χ4n) is 1.54. The maximum absolute atomic E-state index is 5.84. The number of nitrogens with two attached hydrogens (primary N) is 1. The molecule has 0 saturated carbocycles. The Morgan fingerprint density at radius 2 is 2.50 bits per heavy atom. The summed E-state index contributed by atoms with van der Waals surface area (Å²) in [4.78, 5) is 1.28.